The summed E-state index contributed by atoms with van der Waals surface area (Å²) in [4.78, 5) is 32.8. The quantitative estimate of drug-likeness (QED) is 0.314. The van der Waals surface area contributed by atoms with Crippen molar-refractivity contribution in [3.05, 3.63) is 70.2 Å². The van der Waals surface area contributed by atoms with E-state index < -0.39 is 22.7 Å². The Morgan fingerprint density at radius 2 is 1.89 bits per heavy atom. The zero-order chi connectivity index (χ0) is 26.2. The van der Waals surface area contributed by atoms with E-state index in [0.29, 0.717) is 54.3 Å². The Kier molecular flexibility index (Phi) is 5.11. The van der Waals surface area contributed by atoms with Crippen LogP contribution in [0.1, 0.15) is 48.0 Å². The topological polar surface area (TPSA) is 101 Å². The second-order valence-corrected chi connectivity index (χ2v) is 10.2. The number of rotatable bonds is 4. The van der Waals surface area contributed by atoms with E-state index in [1.165, 1.54) is 6.07 Å². The van der Waals surface area contributed by atoms with Crippen LogP contribution < -0.4 is 5.73 Å². The van der Waals surface area contributed by atoms with Crippen LogP contribution in [0.25, 0.3) is 0 Å². The van der Waals surface area contributed by atoms with Gasteiger partial charge in [0.15, 0.2) is 5.54 Å². The highest BCUT2D eigenvalue weighted by Gasteiger charge is 2.57. The van der Waals surface area contributed by atoms with E-state index in [4.69, 9.17) is 17.3 Å². The summed E-state index contributed by atoms with van der Waals surface area (Å²) in [5.41, 5.74) is 5.22. The van der Waals surface area contributed by atoms with Crippen molar-refractivity contribution in [3.63, 3.8) is 0 Å². The standard InChI is InChI=1S/C25H22ClF3N7O/c1-23(14-9-15(25(27,28)29)11-16(30)10-14)13-36(23)19-17-12-35(8-3-18(17)33-22(26)34-19)21(37)24(4-5-24)20-31-6-2-7-32-20/h2,6-7,9-11,13H,3-5,8,12,30H2,1H3/q+1/t23-/m1/s1. The van der Waals surface area contributed by atoms with Gasteiger partial charge in [-0.1, -0.05) is 0 Å². The second kappa shape index (κ2) is 7.95. The van der Waals surface area contributed by atoms with Gasteiger partial charge in [-0.15, -0.1) is 0 Å². The van der Waals surface area contributed by atoms with Crippen LogP contribution in [0.5, 0.6) is 0 Å². The summed E-state index contributed by atoms with van der Waals surface area (Å²) in [6.45, 7) is 2.49. The van der Waals surface area contributed by atoms with Crippen LogP contribution in [0.3, 0.4) is 0 Å². The normalized spacial score (nSPS) is 21.8. The first-order chi connectivity index (χ1) is 17.5. The number of nitrogens with zero attached hydrogens (tertiary/aromatic N) is 6. The lowest BCUT2D eigenvalue weighted by Crippen LogP contribution is -2.43. The Balaban J connectivity index is 1.32. The number of halogens is 4. The minimum absolute atomic E-state index is 0.0173. The third kappa shape index (κ3) is 3.92. The van der Waals surface area contributed by atoms with Gasteiger partial charge in [-0.25, -0.2) is 14.5 Å². The smallest absolute Gasteiger partial charge is 0.399 e. The Hall–Kier alpha value is -3.60. The number of carbonyl (C=O) groups is 1. The Morgan fingerprint density at radius 1 is 1.16 bits per heavy atom. The molecule has 1 aromatic carbocycles. The lowest BCUT2D eigenvalue weighted by molar-refractivity contribution is -0.425. The average Bonchev–Trinajstić information content (AvgIpc) is 3.79. The number of aromatic nitrogens is 4. The molecule has 1 amide bonds. The van der Waals surface area contributed by atoms with Gasteiger partial charge in [0, 0.05) is 36.6 Å². The van der Waals surface area contributed by atoms with Crippen LogP contribution in [0, 0.1) is 0 Å². The molecule has 37 heavy (non-hydrogen) atoms. The first kappa shape index (κ1) is 23.8. The first-order valence-corrected chi connectivity index (χ1v) is 12.1. The molecule has 1 atom stereocenters. The maximum atomic E-state index is 13.6. The van der Waals surface area contributed by atoms with Crippen molar-refractivity contribution >= 4 is 35.2 Å². The summed E-state index contributed by atoms with van der Waals surface area (Å²) in [5, 5.41) is 0.0380. The minimum Gasteiger partial charge on any atom is -0.399 e. The number of anilines is 1. The maximum absolute atomic E-state index is 13.6. The lowest BCUT2D eigenvalue weighted by Gasteiger charge is -2.30. The summed E-state index contributed by atoms with van der Waals surface area (Å²) in [6.07, 6.45) is 2.33. The van der Waals surface area contributed by atoms with Gasteiger partial charge >= 0.3 is 17.3 Å². The van der Waals surface area contributed by atoms with Crippen molar-refractivity contribution in [3.8, 4) is 0 Å². The average molecular weight is 529 g/mol. The molecule has 6 rings (SSSR count). The molecule has 1 saturated carbocycles. The predicted molar refractivity (Wildman–Crippen MR) is 128 cm³/mol. The molecule has 2 aromatic heterocycles. The molecule has 190 valence electrons. The molecule has 8 nitrogen and oxygen atoms in total. The number of carbonyl (C=O) groups excluding carboxylic acids is 1. The monoisotopic (exact) mass is 528 g/mol. The number of fused-ring (bicyclic) bond motifs is 1. The van der Waals surface area contributed by atoms with Gasteiger partial charge in [-0.05, 0) is 60.6 Å². The summed E-state index contributed by atoms with van der Waals surface area (Å²) in [7, 11) is 0. The zero-order valence-corrected chi connectivity index (χ0v) is 20.5. The molecule has 2 N–H and O–H groups in total. The molecule has 0 saturated heterocycles. The molecule has 3 aliphatic rings. The zero-order valence-electron chi connectivity index (χ0n) is 19.8. The molecular formula is C25H22ClF3N7O+. The molecule has 0 unspecified atom stereocenters. The number of benzene rings is 1. The van der Waals surface area contributed by atoms with Gasteiger partial charge in [0.25, 0.3) is 0 Å². The van der Waals surface area contributed by atoms with Crippen molar-refractivity contribution in [2.45, 2.75) is 49.9 Å². The van der Waals surface area contributed by atoms with Gasteiger partial charge in [-0.3, -0.25) is 4.79 Å². The van der Waals surface area contributed by atoms with Gasteiger partial charge in [-0.2, -0.15) is 18.2 Å². The van der Waals surface area contributed by atoms with E-state index in [2.05, 4.69) is 19.9 Å². The van der Waals surface area contributed by atoms with Crippen molar-refractivity contribution < 1.29 is 22.5 Å². The number of nitrogens with two attached hydrogens (primary N) is 1. The molecule has 0 radical (unpaired) electrons. The van der Waals surface area contributed by atoms with E-state index in [9.17, 15) is 18.0 Å². The number of nitrogen functional groups attached to an aromatic ring is 1. The molecule has 4 heterocycles. The van der Waals surface area contributed by atoms with Crippen LogP contribution in [0.2, 0.25) is 5.28 Å². The Labute approximate surface area is 215 Å². The summed E-state index contributed by atoms with van der Waals surface area (Å²) in [6, 6.07) is 5.24. The summed E-state index contributed by atoms with van der Waals surface area (Å²) < 4.78 is 42.1. The van der Waals surface area contributed by atoms with Crippen molar-refractivity contribution in [2.75, 3.05) is 12.3 Å². The van der Waals surface area contributed by atoms with Crippen molar-refractivity contribution in [2.24, 2.45) is 0 Å². The molecule has 12 heteroatoms. The molecular weight excluding hydrogens is 507 g/mol. The van der Waals surface area contributed by atoms with Gasteiger partial charge < -0.3 is 10.6 Å². The summed E-state index contributed by atoms with van der Waals surface area (Å²) >= 11 is 6.24. The Bertz CT molecular complexity index is 1470. The molecule has 1 aliphatic carbocycles. The third-order valence-electron chi connectivity index (χ3n) is 7.36. The third-order valence-corrected chi connectivity index (χ3v) is 7.53. The minimum atomic E-state index is -4.53. The van der Waals surface area contributed by atoms with Crippen LogP contribution >= 0.6 is 11.6 Å². The highest BCUT2D eigenvalue weighted by molar-refractivity contribution is 6.28. The highest BCUT2D eigenvalue weighted by Crippen LogP contribution is 2.49. The molecule has 2 aliphatic heterocycles. The van der Waals surface area contributed by atoms with Gasteiger partial charge in [0.2, 0.25) is 5.91 Å². The van der Waals surface area contributed by atoms with Crippen LogP contribution in [0.4, 0.5) is 24.7 Å². The van der Waals surface area contributed by atoms with E-state index in [0.717, 1.165) is 12.1 Å². The predicted octanol–water partition coefficient (Wildman–Crippen LogP) is 3.78. The highest BCUT2D eigenvalue weighted by atomic mass is 35.5. The second-order valence-electron chi connectivity index (χ2n) is 9.86. The van der Waals surface area contributed by atoms with E-state index >= 15 is 0 Å². The maximum Gasteiger partial charge on any atom is 0.416 e. The van der Waals surface area contributed by atoms with Crippen LogP contribution in [0.15, 0.2) is 36.7 Å². The fourth-order valence-corrected chi connectivity index (χ4v) is 5.25. The number of hydrogen-bond donors (Lipinski definition) is 1. The van der Waals surface area contributed by atoms with Crippen molar-refractivity contribution in [1.29, 1.82) is 0 Å². The SMILES string of the molecule is C[C@]1(c2cc(N)cc(C(F)(F)F)c2)C=[N+]1c1nc(Cl)nc2c1CN(C(=O)C1(c3ncccn3)CC1)CC2. The van der Waals surface area contributed by atoms with Crippen LogP contribution in [-0.4, -0.2) is 48.1 Å². The molecule has 0 spiro atoms. The fraction of sp³-hybridized carbons (Fsp3) is 0.360. The van der Waals surface area contributed by atoms with Gasteiger partial charge in [0.1, 0.15) is 17.5 Å². The number of amides is 1. The molecule has 3 aromatic rings. The van der Waals surface area contributed by atoms with Crippen LogP contribution in [-0.2, 0) is 34.9 Å². The van der Waals surface area contributed by atoms with E-state index in [1.54, 1.807) is 41.1 Å². The first-order valence-electron chi connectivity index (χ1n) is 11.8. The lowest BCUT2D eigenvalue weighted by atomic mass is 9.96. The van der Waals surface area contributed by atoms with E-state index in [-0.39, 0.29) is 23.4 Å². The van der Waals surface area contributed by atoms with E-state index in [1.807, 2.05) is 0 Å². The Morgan fingerprint density at radius 3 is 2.57 bits per heavy atom. The summed E-state index contributed by atoms with van der Waals surface area (Å²) in [5.74, 6) is 0.938. The van der Waals surface area contributed by atoms with Crippen molar-refractivity contribution in [1.82, 2.24) is 24.8 Å². The molecule has 0 bridgehead atoms. The molecule has 1 fully saturated rings. The number of alkyl halides is 3. The van der Waals surface area contributed by atoms with Gasteiger partial charge in [0.05, 0.1) is 23.4 Å². The number of hydrogen-bond acceptors (Lipinski definition) is 6. The fourth-order valence-electron chi connectivity index (χ4n) is 5.07. The largest absolute Gasteiger partial charge is 0.416 e.